The number of likely N-dealkylation sites (tertiary alicyclic amines) is 1. The SMILES string of the molecule is CC(C)C1CCN(C(=O)CC(C)(C)C)[C@@H]1C(=O)NC(CC1CC1)C(=O)C(=O)O. The minimum absolute atomic E-state index is 0.00887. The van der Waals surface area contributed by atoms with Crippen LogP contribution in [0.1, 0.15) is 66.7 Å². The molecule has 0 aromatic carbocycles. The molecule has 7 nitrogen and oxygen atoms in total. The van der Waals surface area contributed by atoms with Crippen LogP contribution >= 0.6 is 0 Å². The van der Waals surface area contributed by atoms with E-state index in [2.05, 4.69) is 5.32 Å². The Hall–Kier alpha value is -1.92. The standard InChI is InChI=1S/C21H34N2O5/c1-12(2)14-8-9-23(16(24)11-21(3,4)5)17(14)19(26)22-15(10-13-6-7-13)18(25)20(27)28/h12-15,17H,6-11H2,1-5H3,(H,22,26)(H,27,28)/t14?,15?,17-/m0/s1. The second-order valence-electron chi connectivity index (χ2n) is 9.88. The summed E-state index contributed by atoms with van der Waals surface area (Å²) in [5, 5.41) is 11.8. The van der Waals surface area contributed by atoms with Crippen LogP contribution in [0.3, 0.4) is 0 Å². The van der Waals surface area contributed by atoms with Gasteiger partial charge in [0.25, 0.3) is 5.78 Å². The molecule has 2 rings (SSSR count). The van der Waals surface area contributed by atoms with Crippen molar-refractivity contribution < 1.29 is 24.3 Å². The van der Waals surface area contributed by atoms with Crippen molar-refractivity contribution in [1.82, 2.24) is 10.2 Å². The van der Waals surface area contributed by atoms with Crippen LogP contribution in [0.25, 0.3) is 0 Å². The molecule has 2 N–H and O–H groups in total. The molecule has 2 unspecified atom stereocenters. The molecule has 1 aliphatic carbocycles. The van der Waals surface area contributed by atoms with Crippen LogP contribution in [0.2, 0.25) is 0 Å². The van der Waals surface area contributed by atoms with Gasteiger partial charge in [0.15, 0.2) is 0 Å². The fourth-order valence-corrected chi connectivity index (χ4v) is 4.01. The molecular formula is C21H34N2O5. The Kier molecular flexibility index (Phi) is 6.88. The van der Waals surface area contributed by atoms with Gasteiger partial charge in [0.2, 0.25) is 11.8 Å². The summed E-state index contributed by atoms with van der Waals surface area (Å²) in [4.78, 5) is 50.9. The third kappa shape index (κ3) is 5.79. The summed E-state index contributed by atoms with van der Waals surface area (Å²) in [6, 6.07) is -1.68. The van der Waals surface area contributed by atoms with Crippen LogP contribution in [-0.4, -0.2) is 52.2 Å². The zero-order valence-corrected chi connectivity index (χ0v) is 17.7. The van der Waals surface area contributed by atoms with Crippen molar-refractivity contribution in [1.29, 1.82) is 0 Å². The molecule has 158 valence electrons. The van der Waals surface area contributed by atoms with E-state index in [1.165, 1.54) is 0 Å². The molecule has 28 heavy (non-hydrogen) atoms. The first-order valence-corrected chi connectivity index (χ1v) is 10.3. The second kappa shape index (κ2) is 8.62. The Labute approximate surface area is 167 Å². The molecule has 2 amide bonds. The summed E-state index contributed by atoms with van der Waals surface area (Å²) in [6.45, 7) is 10.5. The smallest absolute Gasteiger partial charge is 0.374 e. The minimum atomic E-state index is -1.53. The van der Waals surface area contributed by atoms with Gasteiger partial charge in [-0.15, -0.1) is 0 Å². The van der Waals surface area contributed by atoms with E-state index in [0.717, 1.165) is 19.3 Å². The van der Waals surface area contributed by atoms with Gasteiger partial charge < -0.3 is 15.3 Å². The minimum Gasteiger partial charge on any atom is -0.475 e. The first-order chi connectivity index (χ1) is 12.9. The molecule has 7 heteroatoms. The van der Waals surface area contributed by atoms with Crippen molar-refractivity contribution in [2.45, 2.75) is 78.8 Å². The normalized spacial score (nSPS) is 23.6. The third-order valence-corrected chi connectivity index (χ3v) is 5.68. The Balaban J connectivity index is 2.19. The number of carbonyl (C=O) groups is 4. The van der Waals surface area contributed by atoms with E-state index >= 15 is 0 Å². The number of carboxylic acid groups (broad SMARTS) is 1. The molecule has 1 heterocycles. The molecule has 0 aromatic heterocycles. The first kappa shape index (κ1) is 22.4. The average Bonchev–Trinajstić information content (AvgIpc) is 3.24. The molecule has 1 aliphatic heterocycles. The highest BCUT2D eigenvalue weighted by molar-refractivity contribution is 6.35. The maximum atomic E-state index is 13.1. The number of Topliss-reactive ketones (excluding diaryl/α,β-unsaturated/α-hetero) is 1. The number of hydrogen-bond donors (Lipinski definition) is 2. The van der Waals surface area contributed by atoms with Crippen molar-refractivity contribution in [3.8, 4) is 0 Å². The second-order valence-corrected chi connectivity index (χ2v) is 9.88. The maximum absolute atomic E-state index is 13.1. The maximum Gasteiger partial charge on any atom is 0.374 e. The monoisotopic (exact) mass is 394 g/mol. The number of carbonyl (C=O) groups excluding carboxylic acids is 3. The lowest BCUT2D eigenvalue weighted by Crippen LogP contribution is -2.54. The number of hydrogen-bond acceptors (Lipinski definition) is 4. The molecule has 2 fully saturated rings. The number of amides is 2. The number of ketones is 1. The van der Waals surface area contributed by atoms with E-state index in [0.29, 0.717) is 19.4 Å². The van der Waals surface area contributed by atoms with Gasteiger partial charge in [0, 0.05) is 13.0 Å². The van der Waals surface area contributed by atoms with Crippen molar-refractivity contribution in [3.63, 3.8) is 0 Å². The van der Waals surface area contributed by atoms with Crippen molar-refractivity contribution in [2.75, 3.05) is 6.54 Å². The topological polar surface area (TPSA) is 104 Å². The van der Waals surface area contributed by atoms with Gasteiger partial charge in [-0.2, -0.15) is 0 Å². The lowest BCUT2D eigenvalue weighted by molar-refractivity contribution is -0.151. The van der Waals surface area contributed by atoms with E-state index in [9.17, 15) is 19.2 Å². The van der Waals surface area contributed by atoms with Crippen molar-refractivity contribution >= 4 is 23.6 Å². The zero-order valence-electron chi connectivity index (χ0n) is 17.7. The summed E-state index contributed by atoms with van der Waals surface area (Å²) >= 11 is 0. The number of carboxylic acids is 1. The van der Waals surface area contributed by atoms with Gasteiger partial charge in [0.1, 0.15) is 6.04 Å². The summed E-state index contributed by atoms with van der Waals surface area (Å²) in [5.41, 5.74) is -0.193. The highest BCUT2D eigenvalue weighted by Gasteiger charge is 2.45. The van der Waals surface area contributed by atoms with Crippen molar-refractivity contribution in [3.05, 3.63) is 0 Å². The molecular weight excluding hydrogens is 360 g/mol. The van der Waals surface area contributed by atoms with Gasteiger partial charge in [-0.25, -0.2) is 4.79 Å². The molecule has 0 bridgehead atoms. The molecule has 1 saturated heterocycles. The van der Waals surface area contributed by atoms with Crippen LogP contribution in [-0.2, 0) is 19.2 Å². The molecule has 0 aromatic rings. The van der Waals surface area contributed by atoms with E-state index in [4.69, 9.17) is 5.11 Å². The zero-order chi connectivity index (χ0) is 21.2. The van der Waals surface area contributed by atoms with E-state index in [-0.39, 0.29) is 29.1 Å². The summed E-state index contributed by atoms with van der Waals surface area (Å²) in [7, 11) is 0. The van der Waals surface area contributed by atoms with Crippen LogP contribution in [0.5, 0.6) is 0 Å². The van der Waals surface area contributed by atoms with Gasteiger partial charge in [-0.3, -0.25) is 14.4 Å². The molecule has 0 radical (unpaired) electrons. The molecule has 0 spiro atoms. The van der Waals surface area contributed by atoms with Crippen LogP contribution in [0.4, 0.5) is 0 Å². The lowest BCUT2D eigenvalue weighted by atomic mass is 9.87. The quantitative estimate of drug-likeness (QED) is 0.615. The van der Waals surface area contributed by atoms with E-state index < -0.39 is 29.7 Å². The fourth-order valence-electron chi connectivity index (χ4n) is 4.01. The molecule has 2 aliphatic rings. The Bertz CT molecular complexity index is 633. The lowest BCUT2D eigenvalue weighted by Gasteiger charge is -2.32. The van der Waals surface area contributed by atoms with Gasteiger partial charge in [-0.05, 0) is 36.0 Å². The van der Waals surface area contributed by atoms with Gasteiger partial charge in [-0.1, -0.05) is 47.5 Å². The summed E-state index contributed by atoms with van der Waals surface area (Å²) < 4.78 is 0. The van der Waals surface area contributed by atoms with E-state index in [1.807, 2.05) is 34.6 Å². The highest BCUT2D eigenvalue weighted by atomic mass is 16.4. The molecule has 3 atom stereocenters. The number of nitrogens with one attached hydrogen (secondary N) is 1. The number of rotatable bonds is 8. The van der Waals surface area contributed by atoms with Crippen LogP contribution < -0.4 is 5.32 Å². The predicted molar refractivity (Wildman–Crippen MR) is 104 cm³/mol. The fraction of sp³-hybridized carbons (Fsp3) is 0.810. The first-order valence-electron chi connectivity index (χ1n) is 10.3. The van der Waals surface area contributed by atoms with Gasteiger partial charge >= 0.3 is 5.97 Å². The molecule has 1 saturated carbocycles. The van der Waals surface area contributed by atoms with Crippen molar-refractivity contribution in [2.24, 2.45) is 23.2 Å². The van der Waals surface area contributed by atoms with Crippen LogP contribution in [0, 0.1) is 23.2 Å². The van der Waals surface area contributed by atoms with Crippen LogP contribution in [0.15, 0.2) is 0 Å². The Morgan fingerprint density at radius 3 is 2.18 bits per heavy atom. The Morgan fingerprint density at radius 1 is 1.11 bits per heavy atom. The third-order valence-electron chi connectivity index (χ3n) is 5.68. The summed E-state index contributed by atoms with van der Waals surface area (Å²) in [5.74, 6) is -2.51. The predicted octanol–water partition coefficient (Wildman–Crippen LogP) is 2.23. The highest BCUT2D eigenvalue weighted by Crippen LogP contribution is 2.35. The number of aliphatic carboxylic acids is 1. The van der Waals surface area contributed by atoms with Gasteiger partial charge in [0.05, 0.1) is 6.04 Å². The van der Waals surface area contributed by atoms with E-state index in [1.54, 1.807) is 4.90 Å². The average molecular weight is 395 g/mol. The largest absolute Gasteiger partial charge is 0.475 e. The number of nitrogens with zero attached hydrogens (tertiary/aromatic N) is 1. The summed E-state index contributed by atoms with van der Waals surface area (Å²) in [6.07, 6.45) is 3.32. The Morgan fingerprint density at radius 2 is 1.71 bits per heavy atom.